The van der Waals surface area contributed by atoms with Crippen LogP contribution in [0.25, 0.3) is 0 Å². The van der Waals surface area contributed by atoms with Crippen LogP contribution in [-0.2, 0) is 9.53 Å². The van der Waals surface area contributed by atoms with Crippen LogP contribution in [-0.4, -0.2) is 24.8 Å². The normalized spacial score (nSPS) is 18.9. The number of ether oxygens (including phenoxy) is 1. The highest BCUT2D eigenvalue weighted by Gasteiger charge is 2.55. The molecule has 184 valence electrons. The summed E-state index contributed by atoms with van der Waals surface area (Å²) in [6.45, 7) is 0. The van der Waals surface area contributed by atoms with Crippen molar-refractivity contribution in [3.63, 3.8) is 0 Å². The van der Waals surface area contributed by atoms with E-state index in [2.05, 4.69) is 29.6 Å². The van der Waals surface area contributed by atoms with Crippen molar-refractivity contribution in [3.05, 3.63) is 143 Å². The van der Waals surface area contributed by atoms with Gasteiger partial charge in [-0.15, -0.1) is 0 Å². The number of benzene rings is 4. The van der Waals surface area contributed by atoms with Gasteiger partial charge in [-0.25, -0.2) is 4.79 Å². The van der Waals surface area contributed by atoms with E-state index in [1.54, 1.807) is 48.5 Å². The predicted octanol–water partition coefficient (Wildman–Crippen LogP) is 5.71. The Morgan fingerprint density at radius 2 is 1.11 bits per heavy atom. The number of hydrogen-bond donors (Lipinski definition) is 1. The number of esters is 1. The molecule has 0 bridgehead atoms. The van der Waals surface area contributed by atoms with E-state index in [9.17, 15) is 14.4 Å². The van der Waals surface area contributed by atoms with Gasteiger partial charge in [-0.1, -0.05) is 103 Å². The molecule has 0 radical (unpaired) electrons. The lowest BCUT2D eigenvalue weighted by Crippen LogP contribution is -2.34. The van der Waals surface area contributed by atoms with Crippen molar-refractivity contribution in [2.45, 2.75) is 17.9 Å². The largest absolute Gasteiger partial charge is 0.467 e. The van der Waals surface area contributed by atoms with Crippen LogP contribution < -0.4 is 5.32 Å². The van der Waals surface area contributed by atoms with E-state index < -0.39 is 17.9 Å². The van der Waals surface area contributed by atoms with Gasteiger partial charge in [0.05, 0.1) is 7.11 Å². The summed E-state index contributed by atoms with van der Waals surface area (Å²) in [7, 11) is 1.29. The molecule has 4 aromatic carbocycles. The zero-order chi connectivity index (χ0) is 25.8. The number of carbonyl (C=O) groups excluding carboxylic acids is 3. The minimum Gasteiger partial charge on any atom is -0.467 e. The van der Waals surface area contributed by atoms with Gasteiger partial charge in [-0.2, -0.15) is 0 Å². The maximum absolute atomic E-state index is 13.6. The fourth-order valence-corrected chi connectivity index (χ4v) is 5.05. The molecule has 5 nitrogen and oxygen atoms in total. The Balaban J connectivity index is 1.34. The first-order valence-corrected chi connectivity index (χ1v) is 12.3. The number of rotatable bonds is 8. The number of methoxy groups -OCH3 is 1. The summed E-state index contributed by atoms with van der Waals surface area (Å²) in [4.78, 5) is 38.8. The van der Waals surface area contributed by atoms with Gasteiger partial charge in [0, 0.05) is 28.9 Å². The molecule has 0 spiro atoms. The Morgan fingerprint density at radius 1 is 0.649 bits per heavy atom. The third-order valence-electron chi connectivity index (χ3n) is 6.97. The first-order valence-electron chi connectivity index (χ1n) is 12.3. The van der Waals surface area contributed by atoms with Gasteiger partial charge < -0.3 is 10.1 Å². The molecule has 37 heavy (non-hydrogen) atoms. The summed E-state index contributed by atoms with van der Waals surface area (Å²) in [5, 5.41) is 2.74. The van der Waals surface area contributed by atoms with Crippen molar-refractivity contribution in [2.75, 3.05) is 7.11 Å². The SMILES string of the molecule is COC(=O)[C@@H](NC(=O)c1ccc(C(=O)C2[C@H](c3ccccc3)[C@H]2c2ccccc2)cc1)c1ccccc1. The van der Waals surface area contributed by atoms with Gasteiger partial charge in [0.1, 0.15) is 0 Å². The van der Waals surface area contributed by atoms with E-state index >= 15 is 0 Å². The summed E-state index contributed by atoms with van der Waals surface area (Å²) < 4.78 is 4.88. The van der Waals surface area contributed by atoms with Crippen molar-refractivity contribution in [3.8, 4) is 0 Å². The lowest BCUT2D eigenvalue weighted by atomic mass is 10.0. The Hall–Kier alpha value is -4.51. The minimum absolute atomic E-state index is 0.0615. The van der Waals surface area contributed by atoms with Crippen molar-refractivity contribution >= 4 is 17.7 Å². The second-order valence-electron chi connectivity index (χ2n) is 9.18. The minimum atomic E-state index is -0.926. The topological polar surface area (TPSA) is 72.5 Å². The quantitative estimate of drug-likeness (QED) is 0.254. The fraction of sp³-hybridized carbons (Fsp3) is 0.156. The molecular weight excluding hydrogens is 462 g/mol. The molecule has 0 aromatic heterocycles. The Kier molecular flexibility index (Phi) is 6.95. The number of nitrogens with one attached hydrogen (secondary N) is 1. The van der Waals surface area contributed by atoms with E-state index in [4.69, 9.17) is 4.74 Å². The van der Waals surface area contributed by atoms with Crippen LogP contribution in [0.1, 0.15) is 55.3 Å². The number of hydrogen-bond acceptors (Lipinski definition) is 4. The Morgan fingerprint density at radius 3 is 1.59 bits per heavy atom. The van der Waals surface area contributed by atoms with Crippen LogP contribution in [0, 0.1) is 5.92 Å². The Bertz CT molecular complexity index is 1340. The van der Waals surface area contributed by atoms with Gasteiger partial charge in [0.2, 0.25) is 0 Å². The van der Waals surface area contributed by atoms with E-state index in [0.717, 1.165) is 11.1 Å². The molecule has 1 saturated carbocycles. The zero-order valence-electron chi connectivity index (χ0n) is 20.4. The summed E-state index contributed by atoms with van der Waals surface area (Å²) in [5.41, 5.74) is 3.85. The molecule has 0 heterocycles. The summed E-state index contributed by atoms with van der Waals surface area (Å²) in [6.07, 6.45) is 0. The summed E-state index contributed by atoms with van der Waals surface area (Å²) in [6, 6.07) is 34.9. The van der Waals surface area contributed by atoms with Crippen molar-refractivity contribution < 1.29 is 19.1 Å². The van der Waals surface area contributed by atoms with E-state index in [0.29, 0.717) is 16.7 Å². The van der Waals surface area contributed by atoms with Crippen molar-refractivity contribution in [1.29, 1.82) is 0 Å². The fourth-order valence-electron chi connectivity index (χ4n) is 5.05. The van der Waals surface area contributed by atoms with Crippen LogP contribution >= 0.6 is 0 Å². The monoisotopic (exact) mass is 489 g/mol. The third kappa shape index (κ3) is 5.07. The molecular formula is C32H27NO4. The molecule has 0 saturated heterocycles. The number of ketones is 1. The second-order valence-corrected chi connectivity index (χ2v) is 9.18. The predicted molar refractivity (Wildman–Crippen MR) is 141 cm³/mol. The Labute approximate surface area is 216 Å². The lowest BCUT2D eigenvalue weighted by Gasteiger charge is -2.17. The van der Waals surface area contributed by atoms with E-state index in [-0.39, 0.29) is 23.5 Å². The van der Waals surface area contributed by atoms with Crippen LogP contribution in [0.4, 0.5) is 0 Å². The summed E-state index contributed by atoms with van der Waals surface area (Å²) in [5.74, 6) is -0.845. The molecule has 1 N–H and O–H groups in total. The molecule has 4 aromatic rings. The molecule has 1 fully saturated rings. The summed E-state index contributed by atoms with van der Waals surface area (Å²) >= 11 is 0. The molecule has 5 rings (SSSR count). The number of amides is 1. The van der Waals surface area contributed by atoms with E-state index in [1.807, 2.05) is 42.5 Å². The number of Topliss-reactive ketones (excluding diaryl/α,β-unsaturated/α-hetero) is 1. The molecule has 0 aliphatic heterocycles. The van der Waals surface area contributed by atoms with Crippen LogP contribution in [0.2, 0.25) is 0 Å². The zero-order valence-corrected chi connectivity index (χ0v) is 20.4. The molecule has 1 amide bonds. The van der Waals surface area contributed by atoms with Crippen molar-refractivity contribution in [1.82, 2.24) is 5.32 Å². The van der Waals surface area contributed by atoms with Gasteiger partial charge in [-0.05, 0) is 28.8 Å². The highest BCUT2D eigenvalue weighted by molar-refractivity contribution is 6.03. The molecule has 0 unspecified atom stereocenters. The van der Waals surface area contributed by atoms with E-state index in [1.165, 1.54) is 7.11 Å². The molecule has 1 aliphatic carbocycles. The van der Waals surface area contributed by atoms with Crippen LogP contribution in [0.3, 0.4) is 0 Å². The third-order valence-corrected chi connectivity index (χ3v) is 6.97. The van der Waals surface area contributed by atoms with Gasteiger partial charge in [0.25, 0.3) is 5.91 Å². The molecule has 1 aliphatic rings. The smallest absolute Gasteiger partial charge is 0.333 e. The standard InChI is InChI=1S/C32H27NO4/c1-37-32(36)29(23-15-9-4-10-16-23)33-31(35)25-19-17-24(18-20-25)30(34)28-26(21-11-5-2-6-12-21)27(28)22-13-7-3-8-14-22/h2-20,26-29H,1H3,(H,33,35)/t26-,27-,29+/m1/s1. The van der Waals surface area contributed by atoms with Crippen LogP contribution in [0.15, 0.2) is 115 Å². The van der Waals surface area contributed by atoms with Crippen LogP contribution in [0.5, 0.6) is 0 Å². The second kappa shape index (κ2) is 10.6. The average Bonchev–Trinajstić information content (AvgIpc) is 3.72. The van der Waals surface area contributed by atoms with Gasteiger partial charge in [0.15, 0.2) is 11.8 Å². The highest BCUT2D eigenvalue weighted by Crippen LogP contribution is 2.61. The first-order chi connectivity index (χ1) is 18.1. The first kappa shape index (κ1) is 24.2. The van der Waals surface area contributed by atoms with Gasteiger partial charge >= 0.3 is 5.97 Å². The van der Waals surface area contributed by atoms with Gasteiger partial charge in [-0.3, -0.25) is 9.59 Å². The average molecular weight is 490 g/mol. The lowest BCUT2D eigenvalue weighted by molar-refractivity contribution is -0.143. The molecule has 3 atom stereocenters. The molecule has 5 heteroatoms. The maximum Gasteiger partial charge on any atom is 0.333 e. The van der Waals surface area contributed by atoms with Crippen molar-refractivity contribution in [2.24, 2.45) is 5.92 Å². The maximum atomic E-state index is 13.6. The highest BCUT2D eigenvalue weighted by atomic mass is 16.5. The number of carbonyl (C=O) groups is 3.